The number of nitrogens with zero attached hydrogens (tertiary/aromatic N) is 3. The highest BCUT2D eigenvalue weighted by Crippen LogP contribution is 2.34. The number of hydrogen-bond donors (Lipinski definition) is 2. The van der Waals surface area contributed by atoms with Gasteiger partial charge in [0.2, 0.25) is 0 Å². The van der Waals surface area contributed by atoms with E-state index in [1.165, 1.54) is 17.9 Å². The lowest BCUT2D eigenvalue weighted by Crippen LogP contribution is -2.34. The third-order valence-corrected chi connectivity index (χ3v) is 5.73. The number of nitrogens with one attached hydrogen (secondary N) is 1. The van der Waals surface area contributed by atoms with Gasteiger partial charge in [0.15, 0.2) is 11.1 Å². The Hall–Kier alpha value is -2.98. The highest BCUT2D eigenvalue weighted by molar-refractivity contribution is 7.89. The van der Waals surface area contributed by atoms with E-state index in [1.54, 1.807) is 0 Å². The van der Waals surface area contributed by atoms with Crippen molar-refractivity contribution in [1.82, 2.24) is 9.97 Å². The van der Waals surface area contributed by atoms with E-state index < -0.39 is 63.1 Å². The van der Waals surface area contributed by atoms with E-state index in [0.29, 0.717) is 12.3 Å². The van der Waals surface area contributed by atoms with Crippen LogP contribution in [0.25, 0.3) is 0 Å². The van der Waals surface area contributed by atoms with Gasteiger partial charge in [-0.3, -0.25) is 4.79 Å². The van der Waals surface area contributed by atoms with Gasteiger partial charge in [-0.15, -0.1) is 0 Å². The van der Waals surface area contributed by atoms with E-state index in [1.807, 2.05) is 0 Å². The molecule has 0 spiro atoms. The minimum Gasteiger partial charge on any atom is -0.364 e. The Morgan fingerprint density at radius 1 is 1.20 bits per heavy atom. The molecule has 2 aromatic heterocycles. The molecule has 0 aliphatic carbocycles. The van der Waals surface area contributed by atoms with Crippen LogP contribution >= 0.6 is 0 Å². The Labute approximate surface area is 195 Å². The minimum absolute atomic E-state index is 0.151. The molecule has 9 nitrogen and oxygen atoms in total. The van der Waals surface area contributed by atoms with Gasteiger partial charge in [-0.1, -0.05) is 0 Å². The van der Waals surface area contributed by atoms with E-state index >= 15 is 0 Å². The van der Waals surface area contributed by atoms with E-state index in [2.05, 4.69) is 15.3 Å². The van der Waals surface area contributed by atoms with Crippen LogP contribution in [0.5, 0.6) is 0 Å². The van der Waals surface area contributed by atoms with Gasteiger partial charge >= 0.3 is 12.4 Å². The molecule has 1 fully saturated rings. The molecule has 192 valence electrons. The van der Waals surface area contributed by atoms with Gasteiger partial charge in [0, 0.05) is 43.7 Å². The second-order valence-electron chi connectivity index (χ2n) is 7.69. The normalized spacial score (nSPS) is 19.8. The number of carbonyl (C=O) groups excluding carboxylic acids is 1. The molecule has 3 heterocycles. The van der Waals surface area contributed by atoms with Crippen molar-refractivity contribution in [1.29, 1.82) is 0 Å². The summed E-state index contributed by atoms with van der Waals surface area (Å²) in [6.07, 6.45) is -11.7. The second-order valence-corrected chi connectivity index (χ2v) is 9.19. The zero-order valence-corrected chi connectivity index (χ0v) is 18.7. The lowest BCUT2D eigenvalue weighted by Gasteiger charge is -2.25. The maximum atomic E-state index is 13.3. The highest BCUT2D eigenvalue weighted by Gasteiger charge is 2.43. The van der Waals surface area contributed by atoms with Crippen LogP contribution in [0.3, 0.4) is 0 Å². The summed E-state index contributed by atoms with van der Waals surface area (Å²) in [6.45, 7) is 0.862. The minimum atomic E-state index is -4.87. The topological polar surface area (TPSA) is 128 Å². The van der Waals surface area contributed by atoms with Crippen LogP contribution in [0.15, 0.2) is 35.6 Å². The summed E-state index contributed by atoms with van der Waals surface area (Å²) in [5.41, 5.74) is -2.01. The average molecular weight is 527 g/mol. The third-order valence-electron chi connectivity index (χ3n) is 4.92. The molecule has 0 unspecified atom stereocenters. The van der Waals surface area contributed by atoms with Gasteiger partial charge in [0.05, 0.1) is 17.2 Å². The van der Waals surface area contributed by atoms with Gasteiger partial charge in [-0.05, 0) is 19.1 Å². The zero-order chi connectivity index (χ0) is 26.2. The smallest absolute Gasteiger partial charge is 0.364 e. The van der Waals surface area contributed by atoms with Crippen LogP contribution in [-0.2, 0) is 20.9 Å². The Bertz CT molecular complexity index is 1200. The Morgan fingerprint density at radius 2 is 1.89 bits per heavy atom. The van der Waals surface area contributed by atoms with Crippen molar-refractivity contribution >= 4 is 27.4 Å². The molecule has 1 amide bonds. The SMILES string of the molecule is C[C@H]1CN(c2ncc(C(F)(F)F)cc2C(=O)Nc2ccnc(S(N)(=O)=O)c2)CC[C@H](C(F)(F)F)O1. The maximum absolute atomic E-state index is 13.3. The number of rotatable bonds is 4. The number of carbonyl (C=O) groups is 1. The molecule has 35 heavy (non-hydrogen) atoms. The van der Waals surface area contributed by atoms with E-state index in [-0.39, 0.29) is 24.6 Å². The molecule has 2 aromatic rings. The van der Waals surface area contributed by atoms with Gasteiger partial charge in [0.1, 0.15) is 5.82 Å². The van der Waals surface area contributed by atoms with E-state index in [4.69, 9.17) is 9.88 Å². The maximum Gasteiger partial charge on any atom is 0.417 e. The molecule has 16 heteroatoms. The predicted molar refractivity (Wildman–Crippen MR) is 110 cm³/mol. The fraction of sp³-hybridized carbons (Fsp3) is 0.421. The van der Waals surface area contributed by atoms with Crippen LogP contribution < -0.4 is 15.4 Å². The van der Waals surface area contributed by atoms with Crippen LogP contribution in [0, 0.1) is 0 Å². The Balaban J connectivity index is 1.99. The number of ether oxygens (including phenoxy) is 1. The number of alkyl halides is 6. The van der Waals surface area contributed by atoms with Crippen LogP contribution in [0.2, 0.25) is 0 Å². The number of primary sulfonamides is 1. The molecule has 0 saturated carbocycles. The van der Waals surface area contributed by atoms with E-state index in [0.717, 1.165) is 12.3 Å². The first-order chi connectivity index (χ1) is 16.1. The lowest BCUT2D eigenvalue weighted by molar-refractivity contribution is -0.228. The van der Waals surface area contributed by atoms with Crippen molar-refractivity contribution in [2.75, 3.05) is 23.3 Å². The van der Waals surface area contributed by atoms with Gasteiger partial charge in [-0.2, -0.15) is 26.3 Å². The fourth-order valence-electron chi connectivity index (χ4n) is 3.37. The number of hydrogen-bond acceptors (Lipinski definition) is 7. The molecule has 1 aliphatic heterocycles. The van der Waals surface area contributed by atoms with Crippen molar-refractivity contribution < 1.29 is 44.3 Å². The van der Waals surface area contributed by atoms with Crippen molar-refractivity contribution in [2.45, 2.75) is 42.9 Å². The van der Waals surface area contributed by atoms with Gasteiger partial charge in [-0.25, -0.2) is 23.5 Å². The molecule has 2 atom stereocenters. The van der Waals surface area contributed by atoms with Crippen molar-refractivity contribution in [3.8, 4) is 0 Å². The lowest BCUT2D eigenvalue weighted by atomic mass is 10.1. The summed E-state index contributed by atoms with van der Waals surface area (Å²) in [6, 6.07) is 2.57. The summed E-state index contributed by atoms with van der Waals surface area (Å²) >= 11 is 0. The monoisotopic (exact) mass is 527 g/mol. The average Bonchev–Trinajstić information content (AvgIpc) is 2.94. The highest BCUT2D eigenvalue weighted by atomic mass is 32.2. The fourth-order valence-corrected chi connectivity index (χ4v) is 3.87. The standard InChI is InChI=1S/C19H19F6N5O4S/c1-10-9-30(5-3-14(34-10)19(23,24)25)16-13(6-11(8-28-16)18(20,21)22)17(31)29-12-2-4-27-15(7-12)35(26,32)33/h2,4,6-8,10,14H,3,5,9H2,1H3,(H2,26,32,33)(H,27,29,31)/t10-,14+/m0/s1. The summed E-state index contributed by atoms with van der Waals surface area (Å²) in [7, 11) is -4.24. The molecule has 0 bridgehead atoms. The molecule has 0 radical (unpaired) electrons. The first-order valence-corrected chi connectivity index (χ1v) is 11.4. The number of halogens is 6. The molecule has 1 saturated heterocycles. The zero-order valence-electron chi connectivity index (χ0n) is 17.9. The van der Waals surface area contributed by atoms with Crippen molar-refractivity contribution in [2.24, 2.45) is 5.14 Å². The molecule has 3 rings (SSSR count). The van der Waals surface area contributed by atoms with Crippen LogP contribution in [-0.4, -0.2) is 55.8 Å². The quantitative estimate of drug-likeness (QED) is 0.586. The van der Waals surface area contributed by atoms with Crippen molar-refractivity contribution in [3.63, 3.8) is 0 Å². The number of amides is 1. The number of aromatic nitrogens is 2. The first kappa shape index (κ1) is 26.6. The number of anilines is 2. The molecular weight excluding hydrogens is 508 g/mol. The van der Waals surface area contributed by atoms with E-state index in [9.17, 15) is 39.6 Å². The Kier molecular flexibility index (Phi) is 7.29. The van der Waals surface area contributed by atoms with Crippen LogP contribution in [0.4, 0.5) is 37.8 Å². The van der Waals surface area contributed by atoms with Crippen molar-refractivity contribution in [3.05, 3.63) is 41.7 Å². The second kappa shape index (κ2) is 9.58. The summed E-state index contributed by atoms with van der Waals surface area (Å²) in [4.78, 5) is 21.4. The third kappa shape index (κ3) is 6.58. The van der Waals surface area contributed by atoms with Gasteiger partial charge in [0.25, 0.3) is 15.9 Å². The Morgan fingerprint density at radius 3 is 2.49 bits per heavy atom. The number of nitrogens with two attached hydrogens (primary N) is 1. The van der Waals surface area contributed by atoms with Crippen LogP contribution in [0.1, 0.15) is 29.3 Å². The molecular formula is C19H19F6N5O4S. The predicted octanol–water partition coefficient (Wildman–Crippen LogP) is 2.94. The molecule has 0 aromatic carbocycles. The number of sulfonamides is 1. The summed E-state index contributed by atoms with van der Waals surface area (Å²) in [5, 5.41) is 6.63. The summed E-state index contributed by atoms with van der Waals surface area (Å²) in [5.74, 6) is -1.41. The molecule has 3 N–H and O–H groups in total. The molecule has 1 aliphatic rings. The number of pyridine rings is 2. The largest absolute Gasteiger partial charge is 0.417 e. The first-order valence-electron chi connectivity index (χ1n) is 9.90. The van der Waals surface area contributed by atoms with Gasteiger partial charge < -0.3 is 15.0 Å². The summed E-state index contributed by atoms with van der Waals surface area (Å²) < 4.78 is 107.